The summed E-state index contributed by atoms with van der Waals surface area (Å²) in [6.07, 6.45) is 3.29. The van der Waals surface area contributed by atoms with Crippen molar-refractivity contribution < 1.29 is 5.21 Å². The first-order valence-corrected chi connectivity index (χ1v) is 5.60. The van der Waals surface area contributed by atoms with Gasteiger partial charge in [-0.25, -0.2) is 4.52 Å². The van der Waals surface area contributed by atoms with Crippen LogP contribution in [0.1, 0.15) is 5.56 Å². The Bertz CT molecular complexity index is 707. The number of hydrogen-bond acceptors (Lipinski definition) is 3. The first kappa shape index (κ1) is 13.1. The molecule has 0 aliphatic heterocycles. The Hall–Kier alpha value is -2.33. The quantitative estimate of drug-likeness (QED) is 0.443. The van der Waals surface area contributed by atoms with Gasteiger partial charge in [0.1, 0.15) is 5.69 Å². The van der Waals surface area contributed by atoms with E-state index in [4.69, 9.17) is 5.21 Å². The zero-order valence-corrected chi connectivity index (χ0v) is 10.8. The molecule has 1 aromatic carbocycles. The van der Waals surface area contributed by atoms with E-state index in [0.29, 0.717) is 0 Å². The minimum absolute atomic E-state index is 0. The summed E-state index contributed by atoms with van der Waals surface area (Å²) < 4.78 is 1.78. The number of nitrogens with zero attached hydrogens (tertiary/aromatic N) is 3. The van der Waals surface area contributed by atoms with Crippen molar-refractivity contribution in [1.29, 1.82) is 0 Å². The Morgan fingerprint density at radius 1 is 1.05 bits per heavy atom. The summed E-state index contributed by atoms with van der Waals surface area (Å²) in [6.45, 7) is 0. The van der Waals surface area contributed by atoms with Crippen molar-refractivity contribution >= 4 is 24.1 Å². The average Bonchev–Trinajstić information content (AvgIpc) is 2.80. The molecule has 0 radical (unpaired) electrons. The van der Waals surface area contributed by atoms with Crippen molar-refractivity contribution in [2.24, 2.45) is 5.16 Å². The van der Waals surface area contributed by atoms with Crippen molar-refractivity contribution in [2.75, 3.05) is 0 Å². The van der Waals surface area contributed by atoms with Crippen LogP contribution in [-0.4, -0.2) is 21.0 Å². The minimum Gasteiger partial charge on any atom is -0.411 e. The molecule has 3 rings (SSSR count). The second-order valence-corrected chi connectivity index (χ2v) is 3.90. The van der Waals surface area contributed by atoms with E-state index >= 15 is 0 Å². The topological polar surface area (TPSA) is 49.9 Å². The molecule has 3 aromatic rings. The van der Waals surface area contributed by atoms with Crippen LogP contribution in [0.4, 0.5) is 0 Å². The number of hydrogen-bond donors (Lipinski definition) is 1. The highest BCUT2D eigenvalue weighted by Gasteiger charge is 2.12. The van der Waals surface area contributed by atoms with Crippen molar-refractivity contribution in [3.05, 3.63) is 60.3 Å². The van der Waals surface area contributed by atoms with E-state index in [1.807, 2.05) is 54.7 Å². The zero-order chi connectivity index (χ0) is 12.4. The van der Waals surface area contributed by atoms with Crippen LogP contribution in [0.2, 0.25) is 0 Å². The van der Waals surface area contributed by atoms with Gasteiger partial charge in [-0.05, 0) is 12.1 Å². The van der Waals surface area contributed by atoms with E-state index in [9.17, 15) is 0 Å². The third kappa shape index (κ3) is 2.30. The smallest absolute Gasteiger partial charge is 0.102 e. The lowest BCUT2D eigenvalue weighted by molar-refractivity contribution is 0.322. The third-order valence-electron chi connectivity index (χ3n) is 2.81. The first-order valence-electron chi connectivity index (χ1n) is 5.60. The molecule has 5 heteroatoms. The van der Waals surface area contributed by atoms with Crippen LogP contribution in [-0.2, 0) is 0 Å². The zero-order valence-electron chi connectivity index (χ0n) is 9.97. The van der Waals surface area contributed by atoms with Crippen molar-refractivity contribution in [1.82, 2.24) is 9.61 Å². The molecule has 0 unspecified atom stereocenters. The summed E-state index contributed by atoms with van der Waals surface area (Å²) in [5, 5.41) is 16.5. The monoisotopic (exact) mass is 273 g/mol. The molecule has 0 atom stereocenters. The molecule has 0 saturated carbocycles. The molecule has 0 saturated heterocycles. The molecular weight excluding hydrogens is 262 g/mol. The van der Waals surface area contributed by atoms with E-state index in [2.05, 4.69) is 10.3 Å². The highest BCUT2D eigenvalue weighted by atomic mass is 35.5. The van der Waals surface area contributed by atoms with Gasteiger partial charge in [0.2, 0.25) is 0 Å². The Balaban J connectivity index is 0.00000133. The summed E-state index contributed by atoms with van der Waals surface area (Å²) in [7, 11) is 0. The number of pyridine rings is 1. The molecule has 2 aromatic heterocycles. The molecule has 19 heavy (non-hydrogen) atoms. The Morgan fingerprint density at radius 2 is 1.79 bits per heavy atom. The molecule has 1 N–H and O–H groups in total. The normalized spacial score (nSPS) is 10.7. The molecule has 0 fully saturated rings. The molecule has 2 heterocycles. The van der Waals surface area contributed by atoms with Gasteiger partial charge in [-0.3, -0.25) is 0 Å². The van der Waals surface area contributed by atoms with Crippen molar-refractivity contribution in [3.63, 3.8) is 0 Å². The molecular formula is C14H12ClN3O. The highest BCUT2D eigenvalue weighted by Crippen LogP contribution is 2.24. The molecule has 0 bridgehead atoms. The summed E-state index contributed by atoms with van der Waals surface area (Å²) in [4.78, 5) is 0. The Labute approximate surface area is 116 Å². The number of fused-ring (bicyclic) bond motifs is 1. The number of aromatic nitrogens is 2. The van der Waals surface area contributed by atoms with Crippen LogP contribution >= 0.6 is 12.4 Å². The molecule has 0 amide bonds. The SMILES string of the molecule is Cl.O/N=C/c1c(-c2ccccc2)nn2ccccc12. The van der Waals surface area contributed by atoms with Crippen LogP contribution in [0.25, 0.3) is 16.8 Å². The number of oxime groups is 1. The maximum atomic E-state index is 8.80. The van der Waals surface area contributed by atoms with Crippen LogP contribution in [0, 0.1) is 0 Å². The van der Waals surface area contributed by atoms with Crippen LogP contribution in [0.5, 0.6) is 0 Å². The summed E-state index contributed by atoms with van der Waals surface area (Å²) in [6, 6.07) is 15.6. The fraction of sp³-hybridized carbons (Fsp3) is 0. The Kier molecular flexibility index (Phi) is 3.82. The minimum atomic E-state index is 0. The molecule has 0 spiro atoms. The molecule has 0 aliphatic carbocycles. The fourth-order valence-electron chi connectivity index (χ4n) is 2.01. The molecule has 0 aliphatic rings. The first-order chi connectivity index (χ1) is 8.90. The summed E-state index contributed by atoms with van der Waals surface area (Å²) >= 11 is 0. The van der Waals surface area contributed by atoms with Gasteiger partial charge in [0.25, 0.3) is 0 Å². The average molecular weight is 274 g/mol. The summed E-state index contributed by atoms with van der Waals surface area (Å²) in [5.74, 6) is 0. The van der Waals surface area contributed by atoms with Gasteiger partial charge in [0.15, 0.2) is 0 Å². The van der Waals surface area contributed by atoms with Crippen molar-refractivity contribution in [3.8, 4) is 11.3 Å². The lowest BCUT2D eigenvalue weighted by atomic mass is 10.1. The Morgan fingerprint density at radius 3 is 2.53 bits per heavy atom. The number of rotatable bonds is 2. The predicted molar refractivity (Wildman–Crippen MR) is 77.3 cm³/mol. The van der Waals surface area contributed by atoms with Gasteiger partial charge in [0.05, 0.1) is 11.7 Å². The highest BCUT2D eigenvalue weighted by molar-refractivity contribution is 5.96. The largest absolute Gasteiger partial charge is 0.411 e. The third-order valence-corrected chi connectivity index (χ3v) is 2.81. The maximum Gasteiger partial charge on any atom is 0.102 e. The van der Waals surface area contributed by atoms with Gasteiger partial charge >= 0.3 is 0 Å². The van der Waals surface area contributed by atoms with Crippen LogP contribution in [0.15, 0.2) is 59.9 Å². The van der Waals surface area contributed by atoms with Gasteiger partial charge in [-0.2, -0.15) is 5.10 Å². The van der Waals surface area contributed by atoms with Gasteiger partial charge in [-0.15, -0.1) is 12.4 Å². The second kappa shape index (κ2) is 5.54. The fourth-order valence-corrected chi connectivity index (χ4v) is 2.01. The second-order valence-electron chi connectivity index (χ2n) is 3.90. The van der Waals surface area contributed by atoms with Gasteiger partial charge in [0, 0.05) is 17.3 Å². The van der Waals surface area contributed by atoms with Gasteiger partial charge < -0.3 is 5.21 Å². The maximum absolute atomic E-state index is 8.80. The standard InChI is InChI=1S/C14H11N3O.ClH/c18-15-10-12-13-8-4-5-9-17(13)16-14(12)11-6-2-1-3-7-11;/h1-10,18H;1H/b15-10+;. The molecule has 96 valence electrons. The van der Waals surface area contributed by atoms with Crippen LogP contribution in [0.3, 0.4) is 0 Å². The van der Waals surface area contributed by atoms with Crippen LogP contribution < -0.4 is 0 Å². The van der Waals surface area contributed by atoms with E-state index in [1.54, 1.807) is 4.52 Å². The van der Waals surface area contributed by atoms with E-state index in [0.717, 1.165) is 22.3 Å². The van der Waals surface area contributed by atoms with E-state index < -0.39 is 0 Å². The lowest BCUT2D eigenvalue weighted by Gasteiger charge is -1.96. The molecule has 4 nitrogen and oxygen atoms in total. The number of halogens is 1. The lowest BCUT2D eigenvalue weighted by Crippen LogP contribution is -1.85. The predicted octanol–water partition coefficient (Wildman–Crippen LogP) is 3.23. The van der Waals surface area contributed by atoms with E-state index in [-0.39, 0.29) is 12.4 Å². The number of benzene rings is 1. The van der Waals surface area contributed by atoms with Gasteiger partial charge in [-0.1, -0.05) is 41.6 Å². The summed E-state index contributed by atoms with van der Waals surface area (Å²) in [5.41, 5.74) is 3.52. The van der Waals surface area contributed by atoms with Crippen molar-refractivity contribution in [2.45, 2.75) is 0 Å². The van der Waals surface area contributed by atoms with E-state index in [1.165, 1.54) is 6.21 Å².